The lowest BCUT2D eigenvalue weighted by atomic mass is 10.3. The van der Waals surface area contributed by atoms with Crippen molar-refractivity contribution in [2.24, 2.45) is 10.8 Å². The van der Waals surface area contributed by atoms with E-state index in [1.165, 1.54) is 11.2 Å². The van der Waals surface area contributed by atoms with E-state index in [1.807, 2.05) is 12.3 Å². The van der Waals surface area contributed by atoms with Crippen molar-refractivity contribution in [1.82, 2.24) is 21.0 Å². The zero-order valence-electron chi connectivity index (χ0n) is 7.93. The molecule has 0 unspecified atom stereocenters. The van der Waals surface area contributed by atoms with Crippen LogP contribution >= 0.6 is 12.6 Å². The van der Waals surface area contributed by atoms with Gasteiger partial charge in [0.25, 0.3) is 0 Å². The summed E-state index contributed by atoms with van der Waals surface area (Å²) in [4.78, 5) is 15.4. The molecule has 0 aliphatic carbocycles. The average Bonchev–Trinajstić information content (AvgIpc) is 2.60. The van der Waals surface area contributed by atoms with E-state index < -0.39 is 6.03 Å². The van der Waals surface area contributed by atoms with Gasteiger partial charge in [-0.1, -0.05) is 0 Å². The van der Waals surface area contributed by atoms with Crippen LogP contribution in [0.15, 0.2) is 28.1 Å². The monoisotopic (exact) mass is 226 g/mol. The van der Waals surface area contributed by atoms with Crippen molar-refractivity contribution < 1.29 is 4.79 Å². The maximum absolute atomic E-state index is 11.2. The second kappa shape index (κ2) is 3.57. The lowest BCUT2D eigenvalue weighted by molar-refractivity contribution is 0.162. The molecular weight excluding hydrogens is 216 g/mol. The standard InChI is InChI=1S/C7H10N6OS/c1-4-2-6(15)13-5(9-4)3-12(11-13)7(14)10-8/h2-3,11,15H,8H2,1H3,(H,10,14). The zero-order valence-corrected chi connectivity index (χ0v) is 8.82. The van der Waals surface area contributed by atoms with E-state index in [4.69, 9.17) is 5.84 Å². The molecule has 80 valence electrons. The largest absolute Gasteiger partial charge is 0.351 e. The SMILES string of the molecule is CC1=NC2=CN(C(=O)NN)NN2C(S)=C1. The van der Waals surface area contributed by atoms with Gasteiger partial charge in [0, 0.05) is 5.71 Å². The van der Waals surface area contributed by atoms with E-state index in [1.54, 1.807) is 11.1 Å². The number of amides is 2. The Morgan fingerprint density at radius 2 is 2.47 bits per heavy atom. The van der Waals surface area contributed by atoms with E-state index in [2.05, 4.69) is 23.2 Å². The number of fused-ring (bicyclic) bond motifs is 1. The second-order valence-corrected chi connectivity index (χ2v) is 3.46. The molecule has 0 aromatic carbocycles. The molecule has 8 heteroatoms. The molecule has 0 radical (unpaired) electrons. The van der Waals surface area contributed by atoms with E-state index in [0.717, 1.165) is 5.71 Å². The Morgan fingerprint density at radius 1 is 1.73 bits per heavy atom. The highest BCUT2D eigenvalue weighted by Crippen LogP contribution is 2.24. The number of hydrogen-bond donors (Lipinski definition) is 4. The third-order valence-corrected chi connectivity index (χ3v) is 2.21. The summed E-state index contributed by atoms with van der Waals surface area (Å²) >= 11 is 4.25. The smallest absolute Gasteiger partial charge is 0.274 e. The fraction of sp³-hybridized carbons (Fsp3) is 0.143. The van der Waals surface area contributed by atoms with Crippen molar-refractivity contribution in [1.29, 1.82) is 0 Å². The molecule has 2 rings (SSSR count). The van der Waals surface area contributed by atoms with Gasteiger partial charge < -0.3 is 0 Å². The number of hydrazine groups is 3. The average molecular weight is 226 g/mol. The number of nitrogens with two attached hydrogens (primary N) is 1. The Hall–Kier alpha value is -1.51. The molecule has 0 aromatic rings. The summed E-state index contributed by atoms with van der Waals surface area (Å²) < 4.78 is 0. The first-order chi connectivity index (χ1) is 7.11. The maximum atomic E-state index is 11.2. The molecule has 0 aromatic heterocycles. The second-order valence-electron chi connectivity index (χ2n) is 3.00. The Balaban J connectivity index is 2.26. The van der Waals surface area contributed by atoms with Gasteiger partial charge in [0.15, 0.2) is 5.82 Å². The lowest BCUT2D eigenvalue weighted by Crippen LogP contribution is -2.49. The number of rotatable bonds is 0. The van der Waals surface area contributed by atoms with Crippen LogP contribution in [0.5, 0.6) is 0 Å². The van der Waals surface area contributed by atoms with E-state index >= 15 is 0 Å². The van der Waals surface area contributed by atoms with Gasteiger partial charge in [-0.3, -0.25) is 5.43 Å². The van der Waals surface area contributed by atoms with E-state index in [0.29, 0.717) is 10.9 Å². The summed E-state index contributed by atoms with van der Waals surface area (Å²) in [6.07, 6.45) is 3.30. The zero-order chi connectivity index (χ0) is 11.0. The number of aliphatic imine (C=N–C) groups is 1. The highest BCUT2D eigenvalue weighted by molar-refractivity contribution is 7.84. The summed E-state index contributed by atoms with van der Waals surface area (Å²) in [5, 5.41) is 3.40. The van der Waals surface area contributed by atoms with Crippen molar-refractivity contribution in [3.05, 3.63) is 23.1 Å². The third-order valence-electron chi connectivity index (χ3n) is 1.88. The summed E-state index contributed by atoms with van der Waals surface area (Å²) in [6, 6.07) is -0.481. The third kappa shape index (κ3) is 1.69. The first kappa shape index (κ1) is 10.0. The molecule has 2 aliphatic heterocycles. The Morgan fingerprint density at radius 3 is 3.13 bits per heavy atom. The van der Waals surface area contributed by atoms with Gasteiger partial charge in [0.05, 0.1) is 11.2 Å². The van der Waals surface area contributed by atoms with Gasteiger partial charge >= 0.3 is 6.03 Å². The molecule has 15 heavy (non-hydrogen) atoms. The van der Waals surface area contributed by atoms with Crippen molar-refractivity contribution in [3.8, 4) is 0 Å². The Labute approximate surface area is 91.6 Å². The first-order valence-corrected chi connectivity index (χ1v) is 4.60. The molecule has 0 saturated heterocycles. The van der Waals surface area contributed by atoms with Gasteiger partial charge in [-0.25, -0.2) is 25.6 Å². The minimum Gasteiger partial charge on any atom is -0.274 e. The van der Waals surface area contributed by atoms with Crippen LogP contribution in [0.3, 0.4) is 0 Å². The van der Waals surface area contributed by atoms with Gasteiger partial charge in [0.1, 0.15) is 0 Å². The Bertz CT molecular complexity index is 400. The van der Waals surface area contributed by atoms with Gasteiger partial charge in [0.2, 0.25) is 0 Å². The van der Waals surface area contributed by atoms with Crippen molar-refractivity contribution in [2.75, 3.05) is 0 Å². The number of nitrogens with zero attached hydrogens (tertiary/aromatic N) is 3. The molecule has 0 spiro atoms. The molecule has 2 amide bonds. The molecule has 4 N–H and O–H groups in total. The molecule has 0 bridgehead atoms. The van der Waals surface area contributed by atoms with Crippen LogP contribution in [0.1, 0.15) is 6.92 Å². The van der Waals surface area contributed by atoms with Crippen LogP contribution in [0.25, 0.3) is 0 Å². The summed E-state index contributed by atoms with van der Waals surface area (Å²) in [6.45, 7) is 1.85. The molecular formula is C7H10N6OS. The molecule has 2 heterocycles. The van der Waals surface area contributed by atoms with Crippen molar-refractivity contribution in [2.45, 2.75) is 6.92 Å². The fourth-order valence-corrected chi connectivity index (χ4v) is 1.58. The molecule has 0 saturated carbocycles. The van der Waals surface area contributed by atoms with Crippen LogP contribution in [0.4, 0.5) is 4.79 Å². The fourth-order valence-electron chi connectivity index (χ4n) is 1.25. The summed E-state index contributed by atoms with van der Waals surface area (Å²) in [7, 11) is 0. The van der Waals surface area contributed by atoms with E-state index in [-0.39, 0.29) is 0 Å². The van der Waals surface area contributed by atoms with Crippen LogP contribution in [0, 0.1) is 0 Å². The van der Waals surface area contributed by atoms with Gasteiger partial charge in [-0.2, -0.15) is 0 Å². The number of carbonyl (C=O) groups is 1. The lowest BCUT2D eigenvalue weighted by Gasteiger charge is -2.23. The number of urea groups is 1. The van der Waals surface area contributed by atoms with Crippen LogP contribution < -0.4 is 16.8 Å². The van der Waals surface area contributed by atoms with Crippen molar-refractivity contribution in [3.63, 3.8) is 0 Å². The highest BCUT2D eigenvalue weighted by atomic mass is 32.1. The number of nitrogens with one attached hydrogen (secondary N) is 2. The first-order valence-electron chi connectivity index (χ1n) is 4.16. The molecule has 2 aliphatic rings. The van der Waals surface area contributed by atoms with Crippen LogP contribution in [-0.4, -0.2) is 21.8 Å². The number of hydrogen-bond acceptors (Lipinski definition) is 6. The van der Waals surface area contributed by atoms with Gasteiger partial charge in [-0.05, 0) is 13.0 Å². The Kier molecular flexibility index (Phi) is 2.39. The molecule has 0 atom stereocenters. The number of allylic oxidation sites excluding steroid dienone is 1. The molecule has 7 nitrogen and oxygen atoms in total. The summed E-state index contributed by atoms with van der Waals surface area (Å²) in [5.74, 6) is 5.59. The summed E-state index contributed by atoms with van der Waals surface area (Å²) in [5.41, 5.74) is 5.57. The maximum Gasteiger partial charge on any atom is 0.351 e. The topological polar surface area (TPSA) is 86.0 Å². The minimum atomic E-state index is -0.481. The minimum absolute atomic E-state index is 0.481. The van der Waals surface area contributed by atoms with E-state index in [9.17, 15) is 4.79 Å². The van der Waals surface area contributed by atoms with Crippen LogP contribution in [-0.2, 0) is 0 Å². The highest BCUT2D eigenvalue weighted by Gasteiger charge is 2.27. The normalized spacial score (nSPS) is 19.3. The predicted molar refractivity (Wildman–Crippen MR) is 57.8 cm³/mol. The number of thiol groups is 1. The predicted octanol–water partition coefficient (Wildman–Crippen LogP) is -0.349. The van der Waals surface area contributed by atoms with Crippen molar-refractivity contribution >= 4 is 24.4 Å². The molecule has 0 fully saturated rings. The quantitative estimate of drug-likeness (QED) is 0.197. The van der Waals surface area contributed by atoms with Gasteiger partial charge in [-0.15, -0.1) is 18.2 Å². The number of carbonyl (C=O) groups excluding carboxylic acids is 1. The van der Waals surface area contributed by atoms with Crippen LogP contribution in [0.2, 0.25) is 0 Å².